The Bertz CT molecular complexity index is 496. The fraction of sp³-hybridized carbons (Fsp3) is 0.467. The topological polar surface area (TPSA) is 66.4 Å². The van der Waals surface area contributed by atoms with E-state index in [9.17, 15) is 14.7 Å². The molecule has 0 aliphatic rings. The van der Waals surface area contributed by atoms with Gasteiger partial charge in [-0.05, 0) is 44.4 Å². The smallest absolute Gasteiger partial charge is 0.329 e. The van der Waals surface area contributed by atoms with Gasteiger partial charge in [0.25, 0.3) is 5.91 Å². The molecule has 1 aromatic carbocycles. The first-order valence-electron chi connectivity index (χ1n) is 6.44. The third-order valence-electron chi connectivity index (χ3n) is 3.46. The lowest BCUT2D eigenvalue weighted by Crippen LogP contribution is -2.52. The number of carboxylic acid groups (broad SMARTS) is 1. The van der Waals surface area contributed by atoms with Gasteiger partial charge in [0.15, 0.2) is 0 Å². The first-order valence-corrected chi connectivity index (χ1v) is 6.44. The normalized spacial score (nSPS) is 13.7. The highest BCUT2D eigenvalue weighted by molar-refractivity contribution is 5.99. The number of benzene rings is 1. The van der Waals surface area contributed by atoms with Crippen molar-refractivity contribution in [2.75, 3.05) is 0 Å². The van der Waals surface area contributed by atoms with E-state index < -0.39 is 11.5 Å². The van der Waals surface area contributed by atoms with Crippen LogP contribution in [0, 0.1) is 13.8 Å². The maximum absolute atomic E-state index is 12.2. The van der Waals surface area contributed by atoms with Crippen LogP contribution >= 0.6 is 0 Å². The molecule has 0 fully saturated rings. The SMILES string of the molecule is CCCC(C)(NC(=O)c1cccc(C)c1C)C(=O)O. The molecular formula is C15H21NO3. The van der Waals surface area contributed by atoms with Crippen LogP contribution in [0.15, 0.2) is 18.2 Å². The van der Waals surface area contributed by atoms with Crippen LogP contribution in [0.1, 0.15) is 48.2 Å². The maximum Gasteiger partial charge on any atom is 0.329 e. The minimum Gasteiger partial charge on any atom is -0.480 e. The fourth-order valence-electron chi connectivity index (χ4n) is 2.04. The minimum absolute atomic E-state index is 0.334. The van der Waals surface area contributed by atoms with Gasteiger partial charge in [-0.2, -0.15) is 0 Å². The number of rotatable bonds is 5. The van der Waals surface area contributed by atoms with Gasteiger partial charge in [-0.3, -0.25) is 4.79 Å². The molecule has 4 heteroatoms. The van der Waals surface area contributed by atoms with E-state index in [1.165, 1.54) is 0 Å². The second-order valence-corrected chi connectivity index (χ2v) is 5.09. The molecule has 1 rings (SSSR count). The summed E-state index contributed by atoms with van der Waals surface area (Å²) < 4.78 is 0. The van der Waals surface area contributed by atoms with Crippen LogP contribution in [0.25, 0.3) is 0 Å². The van der Waals surface area contributed by atoms with Gasteiger partial charge in [0, 0.05) is 5.56 Å². The average Bonchev–Trinajstić information content (AvgIpc) is 2.32. The van der Waals surface area contributed by atoms with E-state index in [1.54, 1.807) is 19.1 Å². The van der Waals surface area contributed by atoms with Crippen molar-refractivity contribution < 1.29 is 14.7 Å². The average molecular weight is 263 g/mol. The molecule has 19 heavy (non-hydrogen) atoms. The molecule has 0 saturated carbocycles. The summed E-state index contributed by atoms with van der Waals surface area (Å²) in [6, 6.07) is 5.44. The fourth-order valence-corrected chi connectivity index (χ4v) is 2.04. The number of carboxylic acids is 1. The highest BCUT2D eigenvalue weighted by atomic mass is 16.4. The molecule has 0 saturated heterocycles. The van der Waals surface area contributed by atoms with Crippen molar-refractivity contribution in [3.63, 3.8) is 0 Å². The zero-order chi connectivity index (χ0) is 14.6. The van der Waals surface area contributed by atoms with Crippen molar-refractivity contribution in [1.29, 1.82) is 0 Å². The lowest BCUT2D eigenvalue weighted by molar-refractivity contribution is -0.144. The van der Waals surface area contributed by atoms with Crippen LogP contribution in [0.2, 0.25) is 0 Å². The number of amides is 1. The highest BCUT2D eigenvalue weighted by Gasteiger charge is 2.34. The van der Waals surface area contributed by atoms with Gasteiger partial charge in [-0.15, -0.1) is 0 Å². The number of nitrogens with one attached hydrogen (secondary N) is 1. The van der Waals surface area contributed by atoms with Gasteiger partial charge in [-0.25, -0.2) is 4.79 Å². The van der Waals surface area contributed by atoms with Gasteiger partial charge in [-0.1, -0.05) is 25.5 Å². The Labute approximate surface area is 113 Å². The zero-order valence-corrected chi connectivity index (χ0v) is 11.9. The monoisotopic (exact) mass is 263 g/mol. The Kier molecular flexibility index (Phi) is 4.70. The maximum atomic E-state index is 12.2. The predicted octanol–water partition coefficient (Wildman–Crippen LogP) is 2.68. The summed E-state index contributed by atoms with van der Waals surface area (Å²) in [6.45, 7) is 7.23. The largest absolute Gasteiger partial charge is 0.480 e. The third kappa shape index (κ3) is 3.34. The van der Waals surface area contributed by atoms with Crippen molar-refractivity contribution in [3.05, 3.63) is 34.9 Å². The summed E-state index contributed by atoms with van der Waals surface area (Å²) in [6.07, 6.45) is 1.09. The van der Waals surface area contributed by atoms with Gasteiger partial charge in [0.2, 0.25) is 0 Å². The molecular weight excluding hydrogens is 242 g/mol. The minimum atomic E-state index is -1.22. The number of carbonyl (C=O) groups excluding carboxylic acids is 1. The molecule has 4 nitrogen and oxygen atoms in total. The van der Waals surface area contributed by atoms with Crippen molar-refractivity contribution in [3.8, 4) is 0 Å². The molecule has 1 unspecified atom stereocenters. The molecule has 104 valence electrons. The molecule has 0 aliphatic carbocycles. The number of carbonyl (C=O) groups is 2. The molecule has 1 amide bonds. The van der Waals surface area contributed by atoms with E-state index in [4.69, 9.17) is 0 Å². The van der Waals surface area contributed by atoms with Crippen molar-refractivity contribution in [2.24, 2.45) is 0 Å². The quantitative estimate of drug-likeness (QED) is 0.858. The molecule has 1 aromatic rings. The number of hydrogen-bond donors (Lipinski definition) is 2. The first kappa shape index (κ1) is 15.2. The second-order valence-electron chi connectivity index (χ2n) is 5.09. The summed E-state index contributed by atoms with van der Waals surface area (Å²) in [7, 11) is 0. The summed E-state index contributed by atoms with van der Waals surface area (Å²) >= 11 is 0. The van der Waals surface area contributed by atoms with E-state index in [-0.39, 0.29) is 5.91 Å². The number of hydrogen-bond acceptors (Lipinski definition) is 2. The molecule has 0 bridgehead atoms. The Morgan fingerprint density at radius 2 is 1.95 bits per heavy atom. The number of aliphatic carboxylic acids is 1. The van der Waals surface area contributed by atoms with E-state index >= 15 is 0 Å². The second kappa shape index (κ2) is 5.87. The summed E-state index contributed by atoms with van der Waals surface area (Å²) in [5.41, 5.74) is 1.20. The Morgan fingerprint density at radius 3 is 2.47 bits per heavy atom. The van der Waals surface area contributed by atoms with Crippen LogP contribution in [0.4, 0.5) is 0 Å². The van der Waals surface area contributed by atoms with Crippen LogP contribution in [0.3, 0.4) is 0 Å². The summed E-state index contributed by atoms with van der Waals surface area (Å²) in [4.78, 5) is 23.6. The Morgan fingerprint density at radius 1 is 1.32 bits per heavy atom. The van der Waals surface area contributed by atoms with Crippen LogP contribution in [-0.2, 0) is 4.79 Å². The van der Waals surface area contributed by atoms with Gasteiger partial charge < -0.3 is 10.4 Å². The molecule has 2 N–H and O–H groups in total. The summed E-state index contributed by atoms with van der Waals surface area (Å²) in [5, 5.41) is 11.9. The van der Waals surface area contributed by atoms with Crippen LogP contribution in [-0.4, -0.2) is 22.5 Å². The van der Waals surface area contributed by atoms with Gasteiger partial charge in [0.05, 0.1) is 0 Å². The Hall–Kier alpha value is -1.84. The van der Waals surface area contributed by atoms with Crippen LogP contribution < -0.4 is 5.32 Å². The standard InChI is InChI=1S/C15H21NO3/c1-5-9-15(4,14(18)19)16-13(17)12-8-6-7-10(2)11(12)3/h6-8H,5,9H2,1-4H3,(H,16,17)(H,18,19). The van der Waals surface area contributed by atoms with Crippen molar-refractivity contribution in [1.82, 2.24) is 5.32 Å². The number of aryl methyl sites for hydroxylation is 1. The van der Waals surface area contributed by atoms with E-state index in [0.717, 1.165) is 11.1 Å². The lowest BCUT2D eigenvalue weighted by Gasteiger charge is -2.26. The van der Waals surface area contributed by atoms with E-state index in [1.807, 2.05) is 26.8 Å². The molecule has 1 atom stereocenters. The first-order chi connectivity index (χ1) is 8.81. The predicted molar refractivity (Wildman–Crippen MR) is 74.3 cm³/mol. The van der Waals surface area contributed by atoms with Crippen molar-refractivity contribution >= 4 is 11.9 Å². The van der Waals surface area contributed by atoms with Crippen LogP contribution in [0.5, 0.6) is 0 Å². The molecule has 0 aliphatic heterocycles. The Balaban J connectivity index is 3.01. The van der Waals surface area contributed by atoms with Gasteiger partial charge >= 0.3 is 5.97 Å². The van der Waals surface area contributed by atoms with Crippen molar-refractivity contribution in [2.45, 2.75) is 46.1 Å². The zero-order valence-electron chi connectivity index (χ0n) is 11.9. The summed E-state index contributed by atoms with van der Waals surface area (Å²) in [5.74, 6) is -1.34. The van der Waals surface area contributed by atoms with E-state index in [0.29, 0.717) is 18.4 Å². The van der Waals surface area contributed by atoms with Gasteiger partial charge in [0.1, 0.15) is 5.54 Å². The molecule has 0 radical (unpaired) electrons. The molecule has 0 heterocycles. The highest BCUT2D eigenvalue weighted by Crippen LogP contribution is 2.17. The lowest BCUT2D eigenvalue weighted by atomic mass is 9.95. The van der Waals surface area contributed by atoms with E-state index in [2.05, 4.69) is 5.32 Å². The molecule has 0 aromatic heterocycles. The molecule has 0 spiro atoms. The third-order valence-corrected chi connectivity index (χ3v) is 3.46.